The van der Waals surface area contributed by atoms with Crippen LogP contribution in [0.4, 0.5) is 0 Å². The van der Waals surface area contributed by atoms with Crippen LogP contribution in [0.3, 0.4) is 0 Å². The van der Waals surface area contributed by atoms with Gasteiger partial charge in [-0.15, -0.1) is 0 Å². The summed E-state index contributed by atoms with van der Waals surface area (Å²) in [5, 5.41) is 0. The van der Waals surface area contributed by atoms with E-state index in [-0.39, 0.29) is 0 Å². The fraction of sp³-hybridized carbons (Fsp3) is 0.867. The van der Waals surface area contributed by atoms with E-state index in [1.807, 2.05) is 0 Å². The Morgan fingerprint density at radius 3 is 2.53 bits per heavy atom. The topological polar surface area (TPSA) is 0 Å². The monoisotopic (exact) mass is 206 g/mol. The maximum atomic E-state index is 2.51. The minimum atomic E-state index is 0.508. The van der Waals surface area contributed by atoms with E-state index in [2.05, 4.69) is 40.7 Å². The normalized spacial score (nSPS) is 44.5. The van der Waals surface area contributed by atoms with Gasteiger partial charge in [0.25, 0.3) is 0 Å². The van der Waals surface area contributed by atoms with Crippen LogP contribution in [0.2, 0.25) is 0 Å². The standard InChI is InChI=1S/C15H26/c1-11-9-10-15(5)12(2)7-6-8-13(15)14(11,3)4/h7,11,13H,6,8-10H2,1-5H3/t11-,13-,15+/m0/s1. The van der Waals surface area contributed by atoms with Crippen molar-refractivity contribution in [2.45, 2.75) is 60.3 Å². The van der Waals surface area contributed by atoms with Crippen LogP contribution in [-0.4, -0.2) is 0 Å². The van der Waals surface area contributed by atoms with E-state index in [0.717, 1.165) is 11.8 Å². The molecule has 15 heavy (non-hydrogen) atoms. The van der Waals surface area contributed by atoms with Crippen LogP contribution < -0.4 is 0 Å². The molecule has 2 rings (SSSR count). The number of hydrogen-bond acceptors (Lipinski definition) is 0. The highest BCUT2D eigenvalue weighted by atomic mass is 14.5. The molecule has 0 aromatic heterocycles. The van der Waals surface area contributed by atoms with Crippen LogP contribution in [0.1, 0.15) is 60.3 Å². The van der Waals surface area contributed by atoms with Crippen molar-refractivity contribution in [2.24, 2.45) is 22.7 Å². The van der Waals surface area contributed by atoms with Crippen LogP contribution in [0.15, 0.2) is 11.6 Å². The lowest BCUT2D eigenvalue weighted by Gasteiger charge is -2.56. The number of hydrogen-bond donors (Lipinski definition) is 0. The molecule has 0 aliphatic heterocycles. The first-order valence-corrected chi connectivity index (χ1v) is 6.56. The number of fused-ring (bicyclic) bond motifs is 1. The van der Waals surface area contributed by atoms with Gasteiger partial charge in [-0.25, -0.2) is 0 Å². The zero-order chi connectivity index (χ0) is 11.3. The van der Waals surface area contributed by atoms with Crippen molar-refractivity contribution >= 4 is 0 Å². The van der Waals surface area contributed by atoms with Gasteiger partial charge < -0.3 is 0 Å². The molecule has 0 N–H and O–H groups in total. The summed E-state index contributed by atoms with van der Waals surface area (Å²) < 4.78 is 0. The molecule has 0 saturated heterocycles. The van der Waals surface area contributed by atoms with E-state index in [4.69, 9.17) is 0 Å². The van der Waals surface area contributed by atoms with E-state index >= 15 is 0 Å². The Kier molecular flexibility index (Phi) is 2.52. The molecule has 0 aromatic rings. The van der Waals surface area contributed by atoms with Gasteiger partial charge in [-0.05, 0) is 55.3 Å². The van der Waals surface area contributed by atoms with Crippen LogP contribution in [0, 0.1) is 22.7 Å². The van der Waals surface area contributed by atoms with E-state index in [0.29, 0.717) is 10.8 Å². The Morgan fingerprint density at radius 2 is 1.87 bits per heavy atom. The van der Waals surface area contributed by atoms with E-state index in [9.17, 15) is 0 Å². The molecule has 0 bridgehead atoms. The molecule has 0 heterocycles. The SMILES string of the molecule is CC1=CCC[C@H]2C(C)(C)[C@@H](C)CC[C@]12C. The van der Waals surface area contributed by atoms with Crippen LogP contribution in [0.25, 0.3) is 0 Å². The van der Waals surface area contributed by atoms with Gasteiger partial charge in [-0.1, -0.05) is 39.3 Å². The Balaban J connectivity index is 2.39. The van der Waals surface area contributed by atoms with Crippen molar-refractivity contribution in [3.05, 3.63) is 11.6 Å². The van der Waals surface area contributed by atoms with Crippen molar-refractivity contribution in [1.29, 1.82) is 0 Å². The van der Waals surface area contributed by atoms with Crippen LogP contribution >= 0.6 is 0 Å². The highest BCUT2D eigenvalue weighted by Crippen LogP contribution is 2.59. The molecule has 2 aliphatic carbocycles. The minimum absolute atomic E-state index is 0.508. The molecule has 0 radical (unpaired) electrons. The second-order valence-electron chi connectivity index (χ2n) is 6.70. The number of allylic oxidation sites excluding steroid dienone is 2. The van der Waals surface area contributed by atoms with E-state index in [1.165, 1.54) is 25.7 Å². The van der Waals surface area contributed by atoms with Crippen molar-refractivity contribution in [3.63, 3.8) is 0 Å². The first kappa shape index (κ1) is 11.2. The van der Waals surface area contributed by atoms with Gasteiger partial charge in [0.1, 0.15) is 0 Å². The first-order valence-electron chi connectivity index (χ1n) is 6.56. The molecule has 0 nitrogen and oxygen atoms in total. The van der Waals surface area contributed by atoms with Crippen molar-refractivity contribution in [2.75, 3.05) is 0 Å². The quantitative estimate of drug-likeness (QED) is 0.499. The third-order valence-corrected chi connectivity index (χ3v) is 5.84. The second-order valence-corrected chi connectivity index (χ2v) is 6.70. The lowest BCUT2D eigenvalue weighted by molar-refractivity contribution is -0.0277. The molecule has 0 spiro atoms. The van der Waals surface area contributed by atoms with E-state index < -0.39 is 0 Å². The second kappa shape index (κ2) is 3.37. The maximum Gasteiger partial charge on any atom is -0.00855 e. The van der Waals surface area contributed by atoms with Gasteiger partial charge in [0.15, 0.2) is 0 Å². The summed E-state index contributed by atoms with van der Waals surface area (Å²) in [5.41, 5.74) is 2.70. The zero-order valence-electron chi connectivity index (χ0n) is 11.1. The fourth-order valence-corrected chi connectivity index (χ4v) is 4.09. The molecule has 86 valence electrons. The van der Waals surface area contributed by atoms with Crippen molar-refractivity contribution in [1.82, 2.24) is 0 Å². The minimum Gasteiger partial charge on any atom is -0.0850 e. The van der Waals surface area contributed by atoms with Gasteiger partial charge in [0.05, 0.1) is 0 Å². The molecule has 1 fully saturated rings. The first-order chi connectivity index (χ1) is 6.89. The third kappa shape index (κ3) is 1.48. The lowest BCUT2D eigenvalue weighted by Crippen LogP contribution is -2.48. The van der Waals surface area contributed by atoms with E-state index in [1.54, 1.807) is 5.57 Å². The summed E-state index contributed by atoms with van der Waals surface area (Å²) in [6.07, 6.45) is 8.02. The molecular weight excluding hydrogens is 180 g/mol. The average Bonchev–Trinajstić information content (AvgIpc) is 2.16. The summed E-state index contributed by atoms with van der Waals surface area (Å²) in [4.78, 5) is 0. The van der Waals surface area contributed by atoms with Gasteiger partial charge in [-0.2, -0.15) is 0 Å². The predicted octanol–water partition coefficient (Wildman–Crippen LogP) is 4.81. The summed E-state index contributed by atoms with van der Waals surface area (Å²) in [7, 11) is 0. The smallest absolute Gasteiger partial charge is 0.00855 e. The van der Waals surface area contributed by atoms with Gasteiger partial charge >= 0.3 is 0 Å². The maximum absolute atomic E-state index is 2.51. The van der Waals surface area contributed by atoms with Gasteiger partial charge in [0.2, 0.25) is 0 Å². The average molecular weight is 206 g/mol. The summed E-state index contributed by atoms with van der Waals surface area (Å²) in [6, 6.07) is 0. The van der Waals surface area contributed by atoms with Crippen molar-refractivity contribution in [3.8, 4) is 0 Å². The Labute approximate surface area is 95.1 Å². The molecular formula is C15H26. The molecule has 0 amide bonds. The molecule has 2 aliphatic rings. The zero-order valence-corrected chi connectivity index (χ0v) is 11.1. The largest absolute Gasteiger partial charge is 0.0850 e. The summed E-state index contributed by atoms with van der Waals surface area (Å²) in [6.45, 7) is 12.3. The predicted molar refractivity (Wildman–Crippen MR) is 66.8 cm³/mol. The molecule has 3 atom stereocenters. The summed E-state index contributed by atoms with van der Waals surface area (Å²) >= 11 is 0. The highest BCUT2D eigenvalue weighted by molar-refractivity contribution is 5.20. The lowest BCUT2D eigenvalue weighted by atomic mass is 9.48. The molecule has 0 unspecified atom stereocenters. The van der Waals surface area contributed by atoms with Crippen LogP contribution in [-0.2, 0) is 0 Å². The Bertz CT molecular complexity index is 284. The summed E-state index contributed by atoms with van der Waals surface area (Å²) in [5.74, 6) is 1.79. The fourth-order valence-electron chi connectivity index (χ4n) is 4.09. The molecule has 0 aromatic carbocycles. The molecule has 0 heteroatoms. The molecule has 1 saturated carbocycles. The van der Waals surface area contributed by atoms with Gasteiger partial charge in [0, 0.05) is 0 Å². The van der Waals surface area contributed by atoms with Crippen molar-refractivity contribution < 1.29 is 0 Å². The van der Waals surface area contributed by atoms with Gasteiger partial charge in [-0.3, -0.25) is 0 Å². The Hall–Kier alpha value is -0.260. The van der Waals surface area contributed by atoms with Crippen LogP contribution in [0.5, 0.6) is 0 Å². The Morgan fingerprint density at radius 1 is 1.20 bits per heavy atom. The third-order valence-electron chi connectivity index (χ3n) is 5.84. The highest BCUT2D eigenvalue weighted by Gasteiger charge is 2.50. The number of rotatable bonds is 0.